The van der Waals surface area contributed by atoms with Crippen LogP contribution in [0.3, 0.4) is 0 Å². The second-order valence-corrected chi connectivity index (χ2v) is 12.3. The molecular formula is C39H58N2. The summed E-state index contributed by atoms with van der Waals surface area (Å²) in [6.07, 6.45) is 28.2. The van der Waals surface area contributed by atoms with Crippen LogP contribution < -0.4 is 0 Å². The van der Waals surface area contributed by atoms with E-state index in [1.165, 1.54) is 118 Å². The SMILES string of the molecule is CCCCCCCCCCCCCCCc1cccc(C2=C(CCCC)C=C(c3ccc(CCCC)cc3)[N+]2=[N-])c1. The Hall–Kier alpha value is -2.48. The normalized spacial score (nSPS) is 13.3. The first kappa shape index (κ1) is 33.0. The number of benzene rings is 2. The average molecular weight is 555 g/mol. The van der Waals surface area contributed by atoms with Gasteiger partial charge in [-0.05, 0) is 73.9 Å². The quantitative estimate of drug-likeness (QED) is 0.102. The summed E-state index contributed by atoms with van der Waals surface area (Å²) < 4.78 is 1.45. The zero-order valence-electron chi connectivity index (χ0n) is 26.7. The molecule has 0 N–H and O–H groups in total. The fraction of sp³-hybridized carbons (Fsp3) is 0.590. The molecule has 3 rings (SSSR count). The van der Waals surface area contributed by atoms with Crippen molar-refractivity contribution in [1.29, 1.82) is 0 Å². The maximum Gasteiger partial charge on any atom is 0.210 e. The van der Waals surface area contributed by atoms with Crippen LogP contribution in [0.2, 0.25) is 0 Å². The summed E-state index contributed by atoms with van der Waals surface area (Å²) in [5.74, 6) is 0. The molecule has 0 atom stereocenters. The van der Waals surface area contributed by atoms with Crippen LogP contribution >= 0.6 is 0 Å². The second kappa shape index (κ2) is 19.6. The smallest absolute Gasteiger partial charge is 0.210 e. The first-order valence-corrected chi connectivity index (χ1v) is 17.3. The summed E-state index contributed by atoms with van der Waals surface area (Å²) in [7, 11) is 0. The van der Waals surface area contributed by atoms with Gasteiger partial charge in [-0.25, -0.2) is 4.70 Å². The highest BCUT2D eigenvalue weighted by Gasteiger charge is 2.28. The molecule has 41 heavy (non-hydrogen) atoms. The third-order valence-electron chi connectivity index (χ3n) is 8.69. The maximum atomic E-state index is 11.4. The van der Waals surface area contributed by atoms with Crippen molar-refractivity contribution in [2.24, 2.45) is 0 Å². The molecule has 0 saturated carbocycles. The lowest BCUT2D eigenvalue weighted by Gasteiger charge is -2.11. The highest BCUT2D eigenvalue weighted by molar-refractivity contribution is 5.78. The molecule has 2 aromatic carbocycles. The van der Waals surface area contributed by atoms with Crippen molar-refractivity contribution in [3.8, 4) is 0 Å². The summed E-state index contributed by atoms with van der Waals surface area (Å²) in [6.45, 7) is 6.77. The van der Waals surface area contributed by atoms with Gasteiger partial charge in [0.25, 0.3) is 0 Å². The summed E-state index contributed by atoms with van der Waals surface area (Å²) >= 11 is 0. The van der Waals surface area contributed by atoms with Crippen molar-refractivity contribution in [2.75, 3.05) is 0 Å². The minimum Gasteiger partial charge on any atom is -0.493 e. The molecule has 0 amide bonds. The standard InChI is InChI=1S/C39H58N2/c1-4-7-10-11-12-13-14-15-16-17-18-19-20-23-34-24-21-26-36(31-34)39-37(25-9-6-3)32-38(41(39)40)35-29-27-33(28-30-35)22-8-5-2/h21,24,26-32H,4-20,22-23,25H2,1-3H3. The first-order chi connectivity index (χ1) is 20.2. The first-order valence-electron chi connectivity index (χ1n) is 17.3. The highest BCUT2D eigenvalue weighted by Crippen LogP contribution is 2.37. The van der Waals surface area contributed by atoms with E-state index in [0.29, 0.717) is 0 Å². The van der Waals surface area contributed by atoms with Gasteiger partial charge in [0, 0.05) is 22.8 Å². The van der Waals surface area contributed by atoms with Crippen LogP contribution in [0, 0.1) is 0 Å². The predicted molar refractivity (Wildman–Crippen MR) is 179 cm³/mol. The van der Waals surface area contributed by atoms with E-state index in [9.17, 15) is 5.53 Å². The molecule has 1 aliphatic heterocycles. The van der Waals surface area contributed by atoms with Gasteiger partial charge in [-0.3, -0.25) is 0 Å². The summed E-state index contributed by atoms with van der Waals surface area (Å²) in [5, 5.41) is 0. The fourth-order valence-corrected chi connectivity index (χ4v) is 6.07. The number of aryl methyl sites for hydroxylation is 2. The molecule has 0 aromatic heterocycles. The fourth-order valence-electron chi connectivity index (χ4n) is 6.07. The molecule has 224 valence electrons. The van der Waals surface area contributed by atoms with Crippen LogP contribution in [-0.2, 0) is 12.8 Å². The summed E-state index contributed by atoms with van der Waals surface area (Å²) in [4.78, 5) is 0. The minimum absolute atomic E-state index is 0.898. The van der Waals surface area contributed by atoms with Gasteiger partial charge in [-0.2, -0.15) is 0 Å². The number of hydrogen-bond donors (Lipinski definition) is 0. The van der Waals surface area contributed by atoms with Gasteiger partial charge in [0.1, 0.15) is 0 Å². The Balaban J connectivity index is 1.49. The van der Waals surface area contributed by atoms with Gasteiger partial charge in [-0.15, -0.1) is 0 Å². The van der Waals surface area contributed by atoms with Crippen molar-refractivity contribution in [3.63, 3.8) is 0 Å². The van der Waals surface area contributed by atoms with Crippen molar-refractivity contribution < 1.29 is 4.70 Å². The van der Waals surface area contributed by atoms with Crippen molar-refractivity contribution in [3.05, 3.63) is 88.0 Å². The van der Waals surface area contributed by atoms with Gasteiger partial charge in [0.2, 0.25) is 11.4 Å². The maximum absolute atomic E-state index is 11.4. The zero-order chi connectivity index (χ0) is 29.1. The molecule has 2 aromatic rings. The van der Waals surface area contributed by atoms with Crippen LogP contribution in [0.4, 0.5) is 0 Å². The van der Waals surface area contributed by atoms with Gasteiger partial charge in [0.15, 0.2) is 0 Å². The zero-order valence-corrected chi connectivity index (χ0v) is 26.7. The third kappa shape index (κ3) is 11.4. The number of rotatable bonds is 22. The second-order valence-electron chi connectivity index (χ2n) is 12.3. The van der Waals surface area contributed by atoms with Crippen molar-refractivity contribution in [1.82, 2.24) is 0 Å². The summed E-state index contributed by atoms with van der Waals surface area (Å²) in [6, 6.07) is 17.7. The largest absolute Gasteiger partial charge is 0.493 e. The van der Waals surface area contributed by atoms with E-state index in [1.54, 1.807) is 0 Å². The molecule has 2 nitrogen and oxygen atoms in total. The number of allylic oxidation sites excluding steroid dienone is 2. The van der Waals surface area contributed by atoms with E-state index >= 15 is 0 Å². The van der Waals surface area contributed by atoms with Gasteiger partial charge in [0.05, 0.1) is 0 Å². The van der Waals surface area contributed by atoms with E-state index in [-0.39, 0.29) is 0 Å². The van der Waals surface area contributed by atoms with E-state index in [4.69, 9.17) is 0 Å². The number of unbranched alkanes of at least 4 members (excludes halogenated alkanes) is 14. The number of nitrogens with zero attached hydrogens (tertiary/aromatic N) is 2. The topological polar surface area (TPSA) is 25.3 Å². The van der Waals surface area contributed by atoms with Crippen LogP contribution in [0.25, 0.3) is 16.9 Å². The minimum atomic E-state index is 0.898. The van der Waals surface area contributed by atoms with Crippen LogP contribution in [0.5, 0.6) is 0 Å². The van der Waals surface area contributed by atoms with Crippen molar-refractivity contribution >= 4 is 11.4 Å². The molecule has 1 aliphatic rings. The Morgan fingerprint density at radius 2 is 1.05 bits per heavy atom. The molecule has 0 spiro atoms. The lowest BCUT2D eigenvalue weighted by atomic mass is 9.99. The molecule has 0 bridgehead atoms. The Labute approximate surface area is 252 Å². The van der Waals surface area contributed by atoms with Crippen LogP contribution in [-0.4, -0.2) is 4.70 Å². The molecule has 0 fully saturated rings. The lowest BCUT2D eigenvalue weighted by Crippen LogP contribution is -2.03. The average Bonchev–Trinajstić information content (AvgIpc) is 3.33. The molecule has 0 saturated heterocycles. The van der Waals surface area contributed by atoms with Gasteiger partial charge < -0.3 is 5.53 Å². The van der Waals surface area contributed by atoms with E-state index in [2.05, 4.69) is 75.4 Å². The van der Waals surface area contributed by atoms with Crippen molar-refractivity contribution in [2.45, 2.75) is 149 Å². The van der Waals surface area contributed by atoms with Gasteiger partial charge in [-0.1, -0.05) is 135 Å². The predicted octanol–water partition coefficient (Wildman–Crippen LogP) is 12.7. The molecule has 1 heterocycles. The Bertz CT molecular complexity index is 1090. The molecule has 2 heteroatoms. The third-order valence-corrected chi connectivity index (χ3v) is 8.69. The van der Waals surface area contributed by atoms with Crippen LogP contribution in [0.15, 0.2) is 60.2 Å². The molecular weight excluding hydrogens is 496 g/mol. The lowest BCUT2D eigenvalue weighted by molar-refractivity contribution is -0.344. The Kier molecular flexibility index (Phi) is 15.8. The highest BCUT2D eigenvalue weighted by atomic mass is 15.2. The van der Waals surface area contributed by atoms with E-state index in [1.807, 2.05) is 0 Å². The summed E-state index contributed by atoms with van der Waals surface area (Å²) in [5.41, 5.74) is 19.5. The molecule has 0 radical (unpaired) electrons. The van der Waals surface area contributed by atoms with E-state index in [0.717, 1.165) is 54.6 Å². The molecule has 0 unspecified atom stereocenters. The monoisotopic (exact) mass is 554 g/mol. The Morgan fingerprint density at radius 3 is 1.66 bits per heavy atom. The van der Waals surface area contributed by atoms with Crippen LogP contribution in [0.1, 0.15) is 159 Å². The number of hydrogen-bond acceptors (Lipinski definition) is 0. The van der Waals surface area contributed by atoms with E-state index < -0.39 is 0 Å². The molecule has 0 aliphatic carbocycles. The Morgan fingerprint density at radius 1 is 0.512 bits per heavy atom. The van der Waals surface area contributed by atoms with Gasteiger partial charge >= 0.3 is 0 Å².